The van der Waals surface area contributed by atoms with E-state index in [1.807, 2.05) is 12.1 Å². The number of hydrogen-bond donors (Lipinski definition) is 0. The first-order valence-corrected chi connectivity index (χ1v) is 10.3. The first-order chi connectivity index (χ1) is 14.5. The molecule has 1 amide bonds. The summed E-state index contributed by atoms with van der Waals surface area (Å²) in [5, 5.41) is 9.67. The maximum atomic E-state index is 13.0. The number of carbonyl (C=O) groups excluding carboxylic acids is 1. The number of thioether (sulfide) groups is 1. The Morgan fingerprint density at radius 3 is 2.77 bits per heavy atom. The summed E-state index contributed by atoms with van der Waals surface area (Å²) in [5.41, 5.74) is 1.77. The third-order valence-electron chi connectivity index (χ3n) is 4.40. The van der Waals surface area contributed by atoms with Gasteiger partial charge in [-0.2, -0.15) is 5.26 Å². The first-order valence-electron chi connectivity index (χ1n) is 8.72. The Labute approximate surface area is 187 Å². The predicted octanol–water partition coefficient (Wildman–Crippen LogP) is 5.89. The summed E-state index contributed by atoms with van der Waals surface area (Å²) in [6, 6.07) is 17.9. The van der Waals surface area contributed by atoms with E-state index in [2.05, 4.69) is 6.07 Å². The molecule has 8 heteroatoms. The van der Waals surface area contributed by atoms with E-state index < -0.39 is 0 Å². The number of nitrogens with zero attached hydrogens (tertiary/aromatic N) is 2. The molecule has 0 saturated carbocycles. The monoisotopic (exact) mass is 452 g/mol. The lowest BCUT2D eigenvalue weighted by molar-refractivity contribution is -0.113. The number of thiocarbonyl (C=S) groups is 1. The highest BCUT2D eigenvalue weighted by atomic mass is 35.5. The third kappa shape index (κ3) is 3.73. The van der Waals surface area contributed by atoms with Gasteiger partial charge in [-0.1, -0.05) is 47.7 Å². The van der Waals surface area contributed by atoms with E-state index in [4.69, 9.17) is 33.0 Å². The summed E-state index contributed by atoms with van der Waals surface area (Å²) in [5.74, 6) is 1.30. The van der Waals surface area contributed by atoms with Crippen LogP contribution in [0.25, 0.3) is 17.4 Å². The highest BCUT2D eigenvalue weighted by Crippen LogP contribution is 2.39. The van der Waals surface area contributed by atoms with Crippen molar-refractivity contribution in [3.8, 4) is 23.1 Å². The highest BCUT2D eigenvalue weighted by molar-refractivity contribution is 8.27. The van der Waals surface area contributed by atoms with Crippen LogP contribution in [0.15, 0.2) is 63.9 Å². The Bertz CT molecular complexity index is 1240. The van der Waals surface area contributed by atoms with Gasteiger partial charge in [0.25, 0.3) is 5.91 Å². The second-order valence-electron chi connectivity index (χ2n) is 6.20. The molecule has 1 aliphatic rings. The number of ether oxygens (including phenoxy) is 1. The van der Waals surface area contributed by atoms with Crippen molar-refractivity contribution in [2.75, 3.05) is 12.0 Å². The second-order valence-corrected chi connectivity index (χ2v) is 8.28. The summed E-state index contributed by atoms with van der Waals surface area (Å²) >= 11 is 12.8. The van der Waals surface area contributed by atoms with Gasteiger partial charge in [0, 0.05) is 11.6 Å². The van der Waals surface area contributed by atoms with Crippen molar-refractivity contribution in [2.45, 2.75) is 0 Å². The maximum Gasteiger partial charge on any atom is 0.270 e. The van der Waals surface area contributed by atoms with Gasteiger partial charge in [0.2, 0.25) is 0 Å². The molecule has 0 N–H and O–H groups in total. The van der Waals surface area contributed by atoms with E-state index in [1.165, 1.54) is 23.8 Å². The van der Waals surface area contributed by atoms with E-state index in [0.717, 1.165) is 0 Å². The van der Waals surface area contributed by atoms with Crippen LogP contribution in [0.4, 0.5) is 5.69 Å². The minimum Gasteiger partial charge on any atom is -0.495 e. The average Bonchev–Trinajstić information content (AvgIpc) is 3.32. The Morgan fingerprint density at radius 2 is 2.03 bits per heavy atom. The Hall–Kier alpha value is -3.05. The van der Waals surface area contributed by atoms with E-state index in [9.17, 15) is 10.1 Å². The van der Waals surface area contributed by atoms with Crippen LogP contribution in [-0.4, -0.2) is 17.3 Å². The molecule has 1 aliphatic heterocycles. The fourth-order valence-electron chi connectivity index (χ4n) is 2.98. The number of carbonyl (C=O) groups is 1. The molecule has 0 unspecified atom stereocenters. The minimum atomic E-state index is -0.262. The number of hydrogen-bond acceptors (Lipinski definition) is 6. The molecule has 2 aromatic carbocycles. The number of halogens is 1. The van der Waals surface area contributed by atoms with Gasteiger partial charge >= 0.3 is 0 Å². The second kappa shape index (κ2) is 8.36. The molecule has 148 valence electrons. The number of furan rings is 1. The fraction of sp³-hybridized carbons (Fsp3) is 0.0455. The van der Waals surface area contributed by atoms with Crippen LogP contribution in [0.5, 0.6) is 5.75 Å². The lowest BCUT2D eigenvalue weighted by Gasteiger charge is -2.15. The van der Waals surface area contributed by atoms with Gasteiger partial charge in [0.05, 0.1) is 34.4 Å². The lowest BCUT2D eigenvalue weighted by atomic mass is 10.1. The molecular weight excluding hydrogens is 440 g/mol. The Balaban J connectivity index is 1.62. The van der Waals surface area contributed by atoms with Crippen molar-refractivity contribution in [2.24, 2.45) is 0 Å². The molecule has 5 nitrogen and oxygen atoms in total. The summed E-state index contributed by atoms with van der Waals surface area (Å²) in [7, 11) is 1.52. The predicted molar refractivity (Wildman–Crippen MR) is 123 cm³/mol. The van der Waals surface area contributed by atoms with Crippen LogP contribution in [0.2, 0.25) is 5.02 Å². The lowest BCUT2D eigenvalue weighted by Crippen LogP contribution is -2.27. The molecule has 3 aromatic rings. The van der Waals surface area contributed by atoms with Gasteiger partial charge in [-0.25, -0.2) is 0 Å². The van der Waals surface area contributed by atoms with Gasteiger partial charge in [-0.15, -0.1) is 0 Å². The Kier molecular flexibility index (Phi) is 5.64. The molecule has 0 spiro atoms. The molecule has 0 aliphatic carbocycles. The summed E-state index contributed by atoms with van der Waals surface area (Å²) in [6.07, 6.45) is 1.64. The van der Waals surface area contributed by atoms with Crippen molar-refractivity contribution in [3.63, 3.8) is 0 Å². The zero-order chi connectivity index (χ0) is 21.3. The maximum absolute atomic E-state index is 13.0. The van der Waals surface area contributed by atoms with Gasteiger partial charge in [0.15, 0.2) is 4.32 Å². The topological polar surface area (TPSA) is 66.5 Å². The van der Waals surface area contributed by atoms with Crippen molar-refractivity contribution < 1.29 is 13.9 Å². The standard InChI is InChI=1S/C22H13ClN2O3S2/c1-27-19-8-6-14(10-17(19)23)25-21(26)20(30-22(25)29)11-15-7-9-18(28-15)16-5-3-2-4-13(16)12-24/h2-11H,1H3/b20-11+. The van der Waals surface area contributed by atoms with E-state index >= 15 is 0 Å². The SMILES string of the molecule is COc1ccc(N2C(=O)/C(=C\c3ccc(-c4ccccc4C#N)o3)SC2=S)cc1Cl. The van der Waals surface area contributed by atoms with Crippen LogP contribution in [-0.2, 0) is 4.79 Å². The van der Waals surface area contributed by atoms with Crippen LogP contribution in [0, 0.1) is 11.3 Å². The normalized spacial score (nSPS) is 15.0. The molecule has 0 atom stereocenters. The van der Waals surface area contributed by atoms with Crippen molar-refractivity contribution in [1.29, 1.82) is 5.26 Å². The average molecular weight is 453 g/mol. The molecule has 2 heterocycles. The fourth-order valence-corrected chi connectivity index (χ4v) is 4.52. The molecule has 1 fully saturated rings. The largest absolute Gasteiger partial charge is 0.495 e. The quantitative estimate of drug-likeness (QED) is 0.363. The van der Waals surface area contributed by atoms with Crippen LogP contribution >= 0.6 is 35.6 Å². The number of methoxy groups -OCH3 is 1. The van der Waals surface area contributed by atoms with Crippen molar-refractivity contribution >= 4 is 57.6 Å². The van der Waals surface area contributed by atoms with Crippen LogP contribution < -0.4 is 9.64 Å². The van der Waals surface area contributed by atoms with Gasteiger partial charge in [-0.05, 0) is 42.5 Å². The molecule has 1 saturated heterocycles. The summed E-state index contributed by atoms with van der Waals surface area (Å²) in [6.45, 7) is 0. The van der Waals surface area contributed by atoms with Crippen molar-refractivity contribution in [1.82, 2.24) is 0 Å². The molecule has 0 bridgehead atoms. The van der Waals surface area contributed by atoms with E-state index in [-0.39, 0.29) is 5.91 Å². The third-order valence-corrected chi connectivity index (χ3v) is 6.00. The first kappa shape index (κ1) is 20.2. The number of anilines is 1. The Morgan fingerprint density at radius 1 is 1.23 bits per heavy atom. The summed E-state index contributed by atoms with van der Waals surface area (Å²) in [4.78, 5) is 14.8. The number of amides is 1. The number of benzene rings is 2. The number of nitriles is 1. The summed E-state index contributed by atoms with van der Waals surface area (Å²) < 4.78 is 11.4. The van der Waals surface area contributed by atoms with E-state index in [0.29, 0.717) is 48.3 Å². The smallest absolute Gasteiger partial charge is 0.270 e. The zero-order valence-corrected chi connectivity index (χ0v) is 18.0. The van der Waals surface area contributed by atoms with Gasteiger partial charge in [-0.3, -0.25) is 9.69 Å². The van der Waals surface area contributed by atoms with Gasteiger partial charge < -0.3 is 9.15 Å². The molecule has 30 heavy (non-hydrogen) atoms. The molecule has 0 radical (unpaired) electrons. The molecular formula is C22H13ClN2O3S2. The van der Waals surface area contributed by atoms with Gasteiger partial charge in [0.1, 0.15) is 17.3 Å². The van der Waals surface area contributed by atoms with Crippen molar-refractivity contribution in [3.05, 3.63) is 75.8 Å². The van der Waals surface area contributed by atoms with E-state index in [1.54, 1.807) is 48.5 Å². The minimum absolute atomic E-state index is 0.262. The highest BCUT2D eigenvalue weighted by Gasteiger charge is 2.34. The van der Waals surface area contributed by atoms with Crippen LogP contribution in [0.3, 0.4) is 0 Å². The molecule has 4 rings (SSSR count). The van der Waals surface area contributed by atoms with Crippen LogP contribution in [0.1, 0.15) is 11.3 Å². The zero-order valence-electron chi connectivity index (χ0n) is 15.6. The number of rotatable bonds is 4. The molecule has 1 aromatic heterocycles.